The van der Waals surface area contributed by atoms with Crippen LogP contribution >= 0.6 is 0 Å². The number of rotatable bonds is 1. The number of anilines is 1. The Hall–Kier alpha value is -2.42. The largest absolute Gasteiger partial charge is 0.383 e. The van der Waals surface area contributed by atoms with Gasteiger partial charge in [0.15, 0.2) is 0 Å². The molecule has 0 aliphatic heterocycles. The summed E-state index contributed by atoms with van der Waals surface area (Å²) in [6, 6.07) is 12.3. The van der Waals surface area contributed by atoms with E-state index in [4.69, 9.17) is 5.73 Å². The Morgan fingerprint density at radius 1 is 1.00 bits per heavy atom. The topological polar surface area (TPSA) is 51.8 Å². The van der Waals surface area contributed by atoms with Crippen LogP contribution in [0.4, 0.5) is 5.82 Å². The average molecular weight is 249 g/mol. The molecule has 0 unspecified atom stereocenters. The normalized spacial score (nSPS) is 10.8. The van der Waals surface area contributed by atoms with Crippen molar-refractivity contribution >= 4 is 16.7 Å². The van der Waals surface area contributed by atoms with E-state index in [2.05, 4.69) is 41.2 Å². The summed E-state index contributed by atoms with van der Waals surface area (Å²) in [5, 5.41) is 1.10. The summed E-state index contributed by atoms with van der Waals surface area (Å²) >= 11 is 0. The Bertz CT molecular complexity index is 763. The molecule has 0 amide bonds. The standard InChI is InChI=1S/C16H15N3/c1-10-5-6-18-14(7-10)13-4-3-12-8-11(2)16(17)19-15(12)9-13/h3-9H,1-2H3,(H2,17,19). The van der Waals surface area contributed by atoms with Crippen molar-refractivity contribution in [3.8, 4) is 11.3 Å². The van der Waals surface area contributed by atoms with Crippen LogP contribution in [0.3, 0.4) is 0 Å². The Labute approximate surface area is 112 Å². The molecule has 3 heteroatoms. The van der Waals surface area contributed by atoms with E-state index in [1.807, 2.05) is 25.3 Å². The third kappa shape index (κ3) is 2.15. The van der Waals surface area contributed by atoms with Gasteiger partial charge in [0, 0.05) is 17.1 Å². The van der Waals surface area contributed by atoms with E-state index in [1.54, 1.807) is 0 Å². The van der Waals surface area contributed by atoms with Gasteiger partial charge in [-0.05, 0) is 49.2 Å². The van der Waals surface area contributed by atoms with Crippen molar-refractivity contribution < 1.29 is 0 Å². The lowest BCUT2D eigenvalue weighted by Crippen LogP contribution is -1.94. The van der Waals surface area contributed by atoms with Crippen molar-refractivity contribution in [2.24, 2.45) is 0 Å². The molecule has 3 nitrogen and oxygen atoms in total. The number of nitrogens with zero attached hydrogens (tertiary/aromatic N) is 2. The summed E-state index contributed by atoms with van der Waals surface area (Å²) in [5.41, 5.74) is 11.0. The fraction of sp³-hybridized carbons (Fsp3) is 0.125. The van der Waals surface area contributed by atoms with Crippen LogP contribution in [0.1, 0.15) is 11.1 Å². The molecular weight excluding hydrogens is 234 g/mol. The smallest absolute Gasteiger partial charge is 0.127 e. The molecule has 0 fully saturated rings. The van der Waals surface area contributed by atoms with E-state index in [-0.39, 0.29) is 0 Å². The van der Waals surface area contributed by atoms with Crippen LogP contribution in [-0.4, -0.2) is 9.97 Å². The number of hydrogen-bond donors (Lipinski definition) is 1. The van der Waals surface area contributed by atoms with Gasteiger partial charge >= 0.3 is 0 Å². The van der Waals surface area contributed by atoms with Crippen molar-refractivity contribution in [3.05, 3.63) is 53.7 Å². The number of hydrogen-bond acceptors (Lipinski definition) is 3. The molecule has 3 rings (SSSR count). The minimum Gasteiger partial charge on any atom is -0.383 e. The molecule has 0 spiro atoms. The summed E-state index contributed by atoms with van der Waals surface area (Å²) in [7, 11) is 0. The lowest BCUT2D eigenvalue weighted by atomic mass is 10.1. The second-order valence-electron chi connectivity index (χ2n) is 4.82. The molecule has 2 N–H and O–H groups in total. The Kier molecular flexibility index (Phi) is 2.67. The van der Waals surface area contributed by atoms with E-state index in [0.717, 1.165) is 27.7 Å². The fourth-order valence-electron chi connectivity index (χ4n) is 2.14. The zero-order chi connectivity index (χ0) is 13.4. The fourth-order valence-corrected chi connectivity index (χ4v) is 2.14. The van der Waals surface area contributed by atoms with Crippen LogP contribution in [0.2, 0.25) is 0 Å². The summed E-state index contributed by atoms with van der Waals surface area (Å²) < 4.78 is 0. The SMILES string of the molecule is Cc1ccnc(-c2ccc3cc(C)c(N)nc3c2)c1. The summed E-state index contributed by atoms with van der Waals surface area (Å²) in [5.74, 6) is 0.585. The first-order valence-corrected chi connectivity index (χ1v) is 6.23. The molecular formula is C16H15N3. The lowest BCUT2D eigenvalue weighted by molar-refractivity contribution is 1.28. The van der Waals surface area contributed by atoms with E-state index < -0.39 is 0 Å². The van der Waals surface area contributed by atoms with Gasteiger partial charge in [0.2, 0.25) is 0 Å². The van der Waals surface area contributed by atoms with Gasteiger partial charge in [-0.3, -0.25) is 4.98 Å². The first-order chi connectivity index (χ1) is 9.13. The van der Waals surface area contributed by atoms with Gasteiger partial charge in [0.25, 0.3) is 0 Å². The molecule has 0 radical (unpaired) electrons. The maximum Gasteiger partial charge on any atom is 0.127 e. The molecule has 0 saturated heterocycles. The molecule has 19 heavy (non-hydrogen) atoms. The highest BCUT2D eigenvalue weighted by molar-refractivity contribution is 5.85. The third-order valence-electron chi connectivity index (χ3n) is 3.26. The Morgan fingerprint density at radius 2 is 1.84 bits per heavy atom. The number of pyridine rings is 2. The van der Waals surface area contributed by atoms with Crippen molar-refractivity contribution in [2.45, 2.75) is 13.8 Å². The molecule has 1 aromatic carbocycles. The zero-order valence-electron chi connectivity index (χ0n) is 11.0. The van der Waals surface area contributed by atoms with Crippen molar-refractivity contribution in [3.63, 3.8) is 0 Å². The highest BCUT2D eigenvalue weighted by atomic mass is 14.8. The molecule has 0 aliphatic rings. The lowest BCUT2D eigenvalue weighted by Gasteiger charge is -2.06. The van der Waals surface area contributed by atoms with Gasteiger partial charge in [-0.2, -0.15) is 0 Å². The number of benzene rings is 1. The van der Waals surface area contributed by atoms with Crippen LogP contribution in [0.5, 0.6) is 0 Å². The van der Waals surface area contributed by atoms with Crippen LogP contribution in [-0.2, 0) is 0 Å². The predicted octanol–water partition coefficient (Wildman–Crippen LogP) is 3.50. The minimum absolute atomic E-state index is 0.585. The molecule has 3 aromatic rings. The van der Waals surface area contributed by atoms with Crippen molar-refractivity contribution in [1.29, 1.82) is 0 Å². The predicted molar refractivity (Wildman–Crippen MR) is 78.9 cm³/mol. The summed E-state index contributed by atoms with van der Waals surface area (Å²) in [6.45, 7) is 4.03. The van der Waals surface area contributed by atoms with Gasteiger partial charge in [0.1, 0.15) is 5.82 Å². The third-order valence-corrected chi connectivity index (χ3v) is 3.26. The highest BCUT2D eigenvalue weighted by Gasteiger charge is 2.04. The average Bonchev–Trinajstić information content (AvgIpc) is 2.39. The van der Waals surface area contributed by atoms with Crippen LogP contribution in [0.25, 0.3) is 22.2 Å². The van der Waals surface area contributed by atoms with E-state index >= 15 is 0 Å². The monoisotopic (exact) mass is 249 g/mol. The first kappa shape index (κ1) is 11.7. The second kappa shape index (κ2) is 4.35. The maximum absolute atomic E-state index is 5.87. The number of aryl methyl sites for hydroxylation is 2. The van der Waals surface area contributed by atoms with Crippen LogP contribution in [0, 0.1) is 13.8 Å². The van der Waals surface area contributed by atoms with Gasteiger partial charge in [-0.25, -0.2) is 4.98 Å². The molecule has 2 aromatic heterocycles. The number of fused-ring (bicyclic) bond motifs is 1. The molecule has 2 heterocycles. The Balaban J connectivity index is 2.19. The Morgan fingerprint density at radius 3 is 2.63 bits per heavy atom. The molecule has 94 valence electrons. The van der Waals surface area contributed by atoms with Gasteiger partial charge in [-0.1, -0.05) is 12.1 Å². The van der Waals surface area contributed by atoms with Gasteiger partial charge < -0.3 is 5.73 Å². The number of nitrogens with two attached hydrogens (primary N) is 1. The van der Waals surface area contributed by atoms with Gasteiger partial charge in [0.05, 0.1) is 11.2 Å². The van der Waals surface area contributed by atoms with E-state index in [9.17, 15) is 0 Å². The molecule has 0 atom stereocenters. The number of aromatic nitrogens is 2. The summed E-state index contributed by atoms with van der Waals surface area (Å²) in [4.78, 5) is 8.83. The zero-order valence-corrected chi connectivity index (χ0v) is 11.0. The summed E-state index contributed by atoms with van der Waals surface area (Å²) in [6.07, 6.45) is 1.83. The van der Waals surface area contributed by atoms with E-state index in [0.29, 0.717) is 5.82 Å². The van der Waals surface area contributed by atoms with Crippen LogP contribution in [0.15, 0.2) is 42.6 Å². The molecule has 0 aliphatic carbocycles. The molecule has 0 bridgehead atoms. The highest BCUT2D eigenvalue weighted by Crippen LogP contribution is 2.24. The van der Waals surface area contributed by atoms with Crippen LogP contribution < -0.4 is 5.73 Å². The number of nitrogen functional groups attached to an aromatic ring is 1. The molecule has 0 saturated carbocycles. The van der Waals surface area contributed by atoms with Gasteiger partial charge in [-0.15, -0.1) is 0 Å². The van der Waals surface area contributed by atoms with E-state index in [1.165, 1.54) is 5.56 Å². The maximum atomic E-state index is 5.87. The van der Waals surface area contributed by atoms with Crippen molar-refractivity contribution in [1.82, 2.24) is 9.97 Å². The first-order valence-electron chi connectivity index (χ1n) is 6.23. The second-order valence-corrected chi connectivity index (χ2v) is 4.82. The quantitative estimate of drug-likeness (QED) is 0.718. The minimum atomic E-state index is 0.585. The van der Waals surface area contributed by atoms with Crippen molar-refractivity contribution in [2.75, 3.05) is 5.73 Å².